The molecular weight excluding hydrogens is 350 g/mol. The molecule has 1 aromatic carbocycles. The van der Waals surface area contributed by atoms with Gasteiger partial charge in [-0.1, -0.05) is 29.3 Å². The Morgan fingerprint density at radius 3 is 2.42 bits per heavy atom. The van der Waals surface area contributed by atoms with Crippen LogP contribution >= 0.6 is 0 Å². The Hall–Kier alpha value is -1.96. The van der Waals surface area contributed by atoms with E-state index in [1.165, 1.54) is 27.2 Å². The summed E-state index contributed by atoms with van der Waals surface area (Å²) in [6.45, 7) is 6.58. The molecule has 1 fully saturated rings. The van der Waals surface area contributed by atoms with E-state index < -0.39 is 10.0 Å². The van der Waals surface area contributed by atoms with Crippen molar-refractivity contribution in [3.05, 3.63) is 53.2 Å². The number of anilines is 1. The van der Waals surface area contributed by atoms with Crippen molar-refractivity contribution in [1.29, 1.82) is 0 Å². The maximum atomic E-state index is 12.6. The Labute approximate surface area is 155 Å². The number of nitrogens with zero attached hydrogens (tertiary/aromatic N) is 2. The van der Waals surface area contributed by atoms with Crippen molar-refractivity contribution in [2.45, 2.75) is 25.2 Å². The lowest BCUT2D eigenvalue weighted by molar-refractivity contribution is 0.0730. The Morgan fingerprint density at radius 1 is 1.12 bits per heavy atom. The maximum Gasteiger partial charge on any atom is 0.244 e. The first-order valence-corrected chi connectivity index (χ1v) is 10.2. The Bertz CT molecular complexity index is 825. The van der Waals surface area contributed by atoms with E-state index in [0.29, 0.717) is 32.1 Å². The van der Waals surface area contributed by atoms with Crippen molar-refractivity contribution >= 4 is 15.8 Å². The molecule has 2 heterocycles. The number of benzene rings is 1. The lowest BCUT2D eigenvalue weighted by Crippen LogP contribution is -2.40. The van der Waals surface area contributed by atoms with Crippen LogP contribution in [0, 0.1) is 13.8 Å². The van der Waals surface area contributed by atoms with E-state index in [0.717, 1.165) is 13.0 Å². The molecule has 0 radical (unpaired) electrons. The Balaban J connectivity index is 1.59. The summed E-state index contributed by atoms with van der Waals surface area (Å²) in [6.07, 6.45) is 2.31. The normalized spacial score (nSPS) is 15.8. The largest absolute Gasteiger partial charge is 0.379 e. The van der Waals surface area contributed by atoms with Crippen molar-refractivity contribution in [1.82, 2.24) is 9.29 Å². The van der Waals surface area contributed by atoms with Crippen molar-refractivity contribution in [2.75, 3.05) is 38.2 Å². The molecule has 1 aliphatic heterocycles. The van der Waals surface area contributed by atoms with E-state index >= 15 is 0 Å². The molecule has 7 heteroatoms. The van der Waals surface area contributed by atoms with Crippen LogP contribution in [0.1, 0.15) is 16.7 Å². The molecule has 0 amide bonds. The summed E-state index contributed by atoms with van der Waals surface area (Å²) in [5, 5.41) is 3.25. The highest BCUT2D eigenvalue weighted by Crippen LogP contribution is 2.17. The van der Waals surface area contributed by atoms with Crippen LogP contribution in [0.5, 0.6) is 0 Å². The Kier molecular flexibility index (Phi) is 5.90. The fraction of sp³-hybridized carbons (Fsp3) is 0.421. The van der Waals surface area contributed by atoms with Crippen LogP contribution in [0.2, 0.25) is 0 Å². The van der Waals surface area contributed by atoms with Crippen LogP contribution in [0.15, 0.2) is 41.4 Å². The van der Waals surface area contributed by atoms with E-state index in [1.807, 2.05) is 0 Å². The zero-order chi connectivity index (χ0) is 18.6. The standard InChI is InChI=1S/C19H25N3O3S/c1-15-11-16(2)13-17(12-15)5-6-20-19-4-3-18(14-21-19)26(23,24)22-7-9-25-10-8-22/h3-4,11-14H,5-10H2,1-2H3,(H,20,21). The highest BCUT2D eigenvalue weighted by Gasteiger charge is 2.26. The van der Waals surface area contributed by atoms with E-state index in [-0.39, 0.29) is 4.90 Å². The Morgan fingerprint density at radius 2 is 1.81 bits per heavy atom. The van der Waals surface area contributed by atoms with Gasteiger partial charge in [0.1, 0.15) is 10.7 Å². The average Bonchev–Trinajstić information content (AvgIpc) is 2.62. The monoisotopic (exact) mass is 375 g/mol. The molecule has 1 aromatic heterocycles. The summed E-state index contributed by atoms with van der Waals surface area (Å²) in [6, 6.07) is 9.85. The minimum absolute atomic E-state index is 0.222. The second kappa shape index (κ2) is 8.16. The van der Waals surface area contributed by atoms with Crippen molar-refractivity contribution in [3.63, 3.8) is 0 Å². The maximum absolute atomic E-state index is 12.6. The molecular formula is C19H25N3O3S. The lowest BCUT2D eigenvalue weighted by atomic mass is 10.1. The second-order valence-electron chi connectivity index (χ2n) is 6.57. The van der Waals surface area contributed by atoms with Gasteiger partial charge >= 0.3 is 0 Å². The van der Waals surface area contributed by atoms with Gasteiger partial charge in [0.25, 0.3) is 0 Å². The predicted octanol–water partition coefficient (Wildman–Crippen LogP) is 2.37. The number of hydrogen-bond acceptors (Lipinski definition) is 5. The SMILES string of the molecule is Cc1cc(C)cc(CCNc2ccc(S(=O)(=O)N3CCOCC3)cn2)c1. The second-order valence-corrected chi connectivity index (χ2v) is 8.51. The predicted molar refractivity (Wildman–Crippen MR) is 102 cm³/mol. The minimum atomic E-state index is -3.49. The first-order chi connectivity index (χ1) is 12.4. The van der Waals surface area contributed by atoms with Gasteiger partial charge in [0.05, 0.1) is 13.2 Å². The number of pyridine rings is 1. The molecule has 0 spiro atoms. The van der Waals surface area contributed by atoms with Gasteiger partial charge in [-0.2, -0.15) is 4.31 Å². The van der Waals surface area contributed by atoms with Gasteiger partial charge in [-0.15, -0.1) is 0 Å². The number of aromatic nitrogens is 1. The number of morpholine rings is 1. The molecule has 0 bridgehead atoms. The molecule has 0 unspecified atom stereocenters. The number of nitrogens with one attached hydrogen (secondary N) is 1. The summed E-state index contributed by atoms with van der Waals surface area (Å²) < 4.78 is 31.8. The summed E-state index contributed by atoms with van der Waals surface area (Å²) >= 11 is 0. The molecule has 1 N–H and O–H groups in total. The highest BCUT2D eigenvalue weighted by atomic mass is 32.2. The minimum Gasteiger partial charge on any atom is -0.379 e. The number of aryl methyl sites for hydroxylation is 2. The number of rotatable bonds is 6. The number of hydrogen-bond donors (Lipinski definition) is 1. The van der Waals surface area contributed by atoms with Crippen LogP contribution in [0.4, 0.5) is 5.82 Å². The van der Waals surface area contributed by atoms with Crippen LogP contribution in [0.25, 0.3) is 0 Å². The van der Waals surface area contributed by atoms with Crippen LogP contribution in [0.3, 0.4) is 0 Å². The van der Waals surface area contributed by atoms with Gasteiger partial charge in [-0.3, -0.25) is 0 Å². The molecule has 1 saturated heterocycles. The smallest absolute Gasteiger partial charge is 0.244 e. The van der Waals surface area contributed by atoms with Crippen molar-refractivity contribution < 1.29 is 13.2 Å². The molecule has 2 aromatic rings. The van der Waals surface area contributed by atoms with Crippen molar-refractivity contribution in [3.8, 4) is 0 Å². The average molecular weight is 375 g/mol. The fourth-order valence-electron chi connectivity index (χ4n) is 3.12. The fourth-order valence-corrected chi connectivity index (χ4v) is 4.48. The summed E-state index contributed by atoms with van der Waals surface area (Å²) in [5.74, 6) is 0.676. The van der Waals surface area contributed by atoms with Gasteiger partial charge in [0.2, 0.25) is 10.0 Å². The first kappa shape index (κ1) is 18.8. The summed E-state index contributed by atoms with van der Waals surface area (Å²) in [7, 11) is -3.49. The van der Waals surface area contributed by atoms with Gasteiger partial charge in [0, 0.05) is 25.8 Å². The van der Waals surface area contributed by atoms with E-state index in [4.69, 9.17) is 4.74 Å². The summed E-state index contributed by atoms with van der Waals surface area (Å²) in [4.78, 5) is 4.48. The number of sulfonamides is 1. The zero-order valence-electron chi connectivity index (χ0n) is 15.2. The molecule has 1 aliphatic rings. The van der Waals surface area contributed by atoms with E-state index in [1.54, 1.807) is 12.1 Å². The third-order valence-electron chi connectivity index (χ3n) is 4.35. The van der Waals surface area contributed by atoms with Crippen LogP contribution < -0.4 is 5.32 Å². The van der Waals surface area contributed by atoms with Gasteiger partial charge < -0.3 is 10.1 Å². The molecule has 6 nitrogen and oxygen atoms in total. The molecule has 0 saturated carbocycles. The molecule has 0 atom stereocenters. The van der Waals surface area contributed by atoms with Gasteiger partial charge in [0.15, 0.2) is 0 Å². The quantitative estimate of drug-likeness (QED) is 0.839. The molecule has 26 heavy (non-hydrogen) atoms. The van der Waals surface area contributed by atoms with E-state index in [9.17, 15) is 8.42 Å². The molecule has 0 aliphatic carbocycles. The third kappa shape index (κ3) is 4.60. The van der Waals surface area contributed by atoms with Gasteiger partial charge in [-0.25, -0.2) is 13.4 Å². The van der Waals surface area contributed by atoms with Crippen molar-refractivity contribution in [2.24, 2.45) is 0 Å². The van der Waals surface area contributed by atoms with Crippen LogP contribution in [-0.4, -0.2) is 50.6 Å². The zero-order valence-corrected chi connectivity index (χ0v) is 16.1. The van der Waals surface area contributed by atoms with E-state index in [2.05, 4.69) is 42.3 Å². The molecule has 3 rings (SSSR count). The van der Waals surface area contributed by atoms with Gasteiger partial charge in [-0.05, 0) is 38.0 Å². The lowest BCUT2D eigenvalue weighted by Gasteiger charge is -2.25. The third-order valence-corrected chi connectivity index (χ3v) is 6.23. The molecule has 140 valence electrons. The van der Waals surface area contributed by atoms with Crippen LogP contribution in [-0.2, 0) is 21.2 Å². The highest BCUT2D eigenvalue weighted by molar-refractivity contribution is 7.89. The number of ether oxygens (including phenoxy) is 1. The summed E-state index contributed by atoms with van der Waals surface area (Å²) in [5.41, 5.74) is 3.80. The first-order valence-electron chi connectivity index (χ1n) is 8.80. The topological polar surface area (TPSA) is 71.5 Å².